The summed E-state index contributed by atoms with van der Waals surface area (Å²) in [6.45, 7) is 5.00. The van der Waals surface area contributed by atoms with E-state index in [1.54, 1.807) is 13.1 Å². The van der Waals surface area contributed by atoms with Crippen LogP contribution in [0.25, 0.3) is 0 Å². The van der Waals surface area contributed by atoms with Gasteiger partial charge in [-0.25, -0.2) is 0 Å². The van der Waals surface area contributed by atoms with Crippen molar-refractivity contribution in [1.82, 2.24) is 5.32 Å². The number of hydrogen-bond donors (Lipinski definition) is 2. The van der Waals surface area contributed by atoms with Gasteiger partial charge >= 0.3 is 0 Å². The zero-order chi connectivity index (χ0) is 12.7. The van der Waals surface area contributed by atoms with E-state index in [-0.39, 0.29) is 12.0 Å². The zero-order valence-electron chi connectivity index (χ0n) is 10.6. The third-order valence-electron chi connectivity index (χ3n) is 2.28. The molecule has 4 heteroatoms. The van der Waals surface area contributed by atoms with Gasteiger partial charge in [0.15, 0.2) is 0 Å². The quantitative estimate of drug-likeness (QED) is 0.741. The Morgan fingerprint density at radius 1 is 1.35 bits per heavy atom. The molecule has 0 aromatic heterocycles. The van der Waals surface area contributed by atoms with E-state index in [1.165, 1.54) is 0 Å². The van der Waals surface area contributed by atoms with Crippen molar-refractivity contribution in [2.75, 3.05) is 25.5 Å². The van der Waals surface area contributed by atoms with Crippen LogP contribution in [0.4, 0.5) is 5.69 Å². The van der Waals surface area contributed by atoms with Crippen LogP contribution in [0.1, 0.15) is 24.2 Å². The van der Waals surface area contributed by atoms with E-state index < -0.39 is 0 Å². The first-order valence-corrected chi connectivity index (χ1v) is 5.81. The molecular formula is C13H20N2O2. The maximum Gasteiger partial charge on any atom is 0.253 e. The average molecular weight is 236 g/mol. The highest BCUT2D eigenvalue weighted by atomic mass is 16.5. The van der Waals surface area contributed by atoms with Crippen LogP contribution in [0.3, 0.4) is 0 Å². The van der Waals surface area contributed by atoms with Gasteiger partial charge in [-0.1, -0.05) is 12.1 Å². The van der Waals surface area contributed by atoms with E-state index in [0.29, 0.717) is 18.7 Å². The SMILES string of the molecule is CNc1ccccc1C(=O)NCCOC(C)C. The number of carbonyl (C=O) groups excluding carboxylic acids is 1. The molecule has 0 spiro atoms. The largest absolute Gasteiger partial charge is 0.387 e. The van der Waals surface area contributed by atoms with Crippen molar-refractivity contribution in [1.29, 1.82) is 0 Å². The Balaban J connectivity index is 2.47. The number of para-hydroxylation sites is 1. The van der Waals surface area contributed by atoms with E-state index in [9.17, 15) is 4.79 Å². The van der Waals surface area contributed by atoms with Gasteiger partial charge in [0.2, 0.25) is 0 Å². The fraction of sp³-hybridized carbons (Fsp3) is 0.462. The summed E-state index contributed by atoms with van der Waals surface area (Å²) in [6.07, 6.45) is 0.191. The summed E-state index contributed by atoms with van der Waals surface area (Å²) in [5.74, 6) is -0.0812. The Morgan fingerprint density at radius 2 is 2.06 bits per heavy atom. The predicted octanol–water partition coefficient (Wildman–Crippen LogP) is 1.88. The molecule has 0 atom stereocenters. The third-order valence-corrected chi connectivity index (χ3v) is 2.28. The molecule has 1 rings (SSSR count). The number of amides is 1. The highest BCUT2D eigenvalue weighted by Crippen LogP contribution is 2.13. The molecular weight excluding hydrogens is 216 g/mol. The van der Waals surface area contributed by atoms with Crippen LogP contribution in [0.2, 0.25) is 0 Å². The second-order valence-corrected chi connectivity index (χ2v) is 3.97. The molecule has 0 fully saturated rings. The lowest BCUT2D eigenvalue weighted by Gasteiger charge is -2.11. The van der Waals surface area contributed by atoms with Gasteiger partial charge in [-0.3, -0.25) is 4.79 Å². The van der Waals surface area contributed by atoms with Crippen molar-refractivity contribution in [2.24, 2.45) is 0 Å². The maximum atomic E-state index is 11.9. The van der Waals surface area contributed by atoms with Gasteiger partial charge in [0.05, 0.1) is 18.3 Å². The summed E-state index contributed by atoms with van der Waals surface area (Å²) < 4.78 is 5.35. The fourth-order valence-corrected chi connectivity index (χ4v) is 1.45. The first kappa shape index (κ1) is 13.5. The highest BCUT2D eigenvalue weighted by Gasteiger charge is 2.08. The Bertz CT molecular complexity index is 364. The molecule has 0 aliphatic heterocycles. The number of rotatable bonds is 6. The Hall–Kier alpha value is -1.55. The van der Waals surface area contributed by atoms with Crippen LogP contribution in [0, 0.1) is 0 Å². The number of benzene rings is 1. The zero-order valence-corrected chi connectivity index (χ0v) is 10.6. The van der Waals surface area contributed by atoms with Gasteiger partial charge < -0.3 is 15.4 Å². The van der Waals surface area contributed by atoms with Gasteiger partial charge in [-0.05, 0) is 26.0 Å². The standard InChI is InChI=1S/C13H20N2O2/c1-10(2)17-9-8-15-13(16)11-6-4-5-7-12(11)14-3/h4-7,10,14H,8-9H2,1-3H3,(H,15,16). The number of carbonyl (C=O) groups is 1. The lowest BCUT2D eigenvalue weighted by Crippen LogP contribution is -2.28. The second kappa shape index (κ2) is 6.91. The molecule has 4 nitrogen and oxygen atoms in total. The molecule has 0 aliphatic rings. The maximum absolute atomic E-state index is 11.9. The van der Waals surface area contributed by atoms with Crippen molar-refractivity contribution >= 4 is 11.6 Å². The Kier molecular flexibility index (Phi) is 5.49. The van der Waals surface area contributed by atoms with Gasteiger partial charge in [0.25, 0.3) is 5.91 Å². The third kappa shape index (κ3) is 4.44. The van der Waals surface area contributed by atoms with Crippen LogP contribution in [0.5, 0.6) is 0 Å². The van der Waals surface area contributed by atoms with Gasteiger partial charge in [0, 0.05) is 19.3 Å². The first-order valence-electron chi connectivity index (χ1n) is 5.81. The molecule has 0 saturated carbocycles. The highest BCUT2D eigenvalue weighted by molar-refractivity contribution is 5.99. The molecule has 0 radical (unpaired) electrons. The summed E-state index contributed by atoms with van der Waals surface area (Å²) in [5, 5.41) is 5.82. The molecule has 2 N–H and O–H groups in total. The fourth-order valence-electron chi connectivity index (χ4n) is 1.45. The number of anilines is 1. The molecule has 17 heavy (non-hydrogen) atoms. The second-order valence-electron chi connectivity index (χ2n) is 3.97. The Morgan fingerprint density at radius 3 is 2.71 bits per heavy atom. The number of hydrogen-bond acceptors (Lipinski definition) is 3. The Labute approximate surface area is 102 Å². The van der Waals surface area contributed by atoms with E-state index in [2.05, 4.69) is 10.6 Å². The minimum absolute atomic E-state index is 0.0812. The minimum Gasteiger partial charge on any atom is -0.387 e. The summed E-state index contributed by atoms with van der Waals surface area (Å²) in [6, 6.07) is 7.41. The van der Waals surface area contributed by atoms with E-state index >= 15 is 0 Å². The molecule has 1 amide bonds. The molecule has 0 saturated heterocycles. The van der Waals surface area contributed by atoms with E-state index in [4.69, 9.17) is 4.74 Å². The van der Waals surface area contributed by atoms with Crippen molar-refractivity contribution in [3.05, 3.63) is 29.8 Å². The van der Waals surface area contributed by atoms with Crippen molar-refractivity contribution in [3.8, 4) is 0 Å². The van der Waals surface area contributed by atoms with E-state index in [0.717, 1.165) is 5.69 Å². The van der Waals surface area contributed by atoms with Crippen molar-refractivity contribution in [2.45, 2.75) is 20.0 Å². The van der Waals surface area contributed by atoms with Gasteiger partial charge in [0.1, 0.15) is 0 Å². The van der Waals surface area contributed by atoms with Gasteiger partial charge in [-0.2, -0.15) is 0 Å². The average Bonchev–Trinajstić information content (AvgIpc) is 2.34. The van der Waals surface area contributed by atoms with Crippen LogP contribution in [-0.4, -0.2) is 32.2 Å². The van der Waals surface area contributed by atoms with Gasteiger partial charge in [-0.15, -0.1) is 0 Å². The lowest BCUT2D eigenvalue weighted by molar-refractivity contribution is 0.0747. The minimum atomic E-state index is -0.0812. The number of ether oxygens (including phenoxy) is 1. The molecule has 94 valence electrons. The van der Waals surface area contributed by atoms with Crippen LogP contribution in [0.15, 0.2) is 24.3 Å². The molecule has 0 bridgehead atoms. The molecule has 1 aromatic rings. The lowest BCUT2D eigenvalue weighted by atomic mass is 10.1. The molecule has 0 heterocycles. The summed E-state index contributed by atoms with van der Waals surface area (Å²) in [5.41, 5.74) is 1.48. The topological polar surface area (TPSA) is 50.4 Å². The molecule has 0 unspecified atom stereocenters. The summed E-state index contributed by atoms with van der Waals surface area (Å²) >= 11 is 0. The van der Waals surface area contributed by atoms with Crippen LogP contribution >= 0.6 is 0 Å². The number of nitrogens with one attached hydrogen (secondary N) is 2. The monoisotopic (exact) mass is 236 g/mol. The van der Waals surface area contributed by atoms with E-state index in [1.807, 2.05) is 32.0 Å². The van der Waals surface area contributed by atoms with Crippen molar-refractivity contribution in [3.63, 3.8) is 0 Å². The van der Waals surface area contributed by atoms with Crippen molar-refractivity contribution < 1.29 is 9.53 Å². The van der Waals surface area contributed by atoms with Crippen LogP contribution < -0.4 is 10.6 Å². The molecule has 1 aromatic carbocycles. The predicted molar refractivity (Wildman–Crippen MR) is 69.4 cm³/mol. The van der Waals surface area contributed by atoms with Crippen LogP contribution in [-0.2, 0) is 4.74 Å². The molecule has 0 aliphatic carbocycles. The summed E-state index contributed by atoms with van der Waals surface area (Å²) in [7, 11) is 1.80. The summed E-state index contributed by atoms with van der Waals surface area (Å²) in [4.78, 5) is 11.9. The smallest absolute Gasteiger partial charge is 0.253 e. The first-order chi connectivity index (χ1) is 8.15. The normalized spacial score (nSPS) is 10.4.